The lowest BCUT2D eigenvalue weighted by Gasteiger charge is -2.10. The molecule has 0 bridgehead atoms. The van der Waals surface area contributed by atoms with E-state index in [-0.39, 0.29) is 0 Å². The highest BCUT2D eigenvalue weighted by Gasteiger charge is 2.14. The molecule has 0 N–H and O–H groups in total. The summed E-state index contributed by atoms with van der Waals surface area (Å²) in [5, 5.41) is 2.51. The van der Waals surface area contributed by atoms with Crippen LogP contribution in [0.3, 0.4) is 0 Å². The number of hydrogen-bond donors (Lipinski definition) is 0. The van der Waals surface area contributed by atoms with Crippen molar-refractivity contribution in [2.75, 3.05) is 0 Å². The van der Waals surface area contributed by atoms with Gasteiger partial charge in [0, 0.05) is 29.9 Å². The molecule has 0 spiro atoms. The molecule has 0 fully saturated rings. The lowest BCUT2D eigenvalue weighted by Crippen LogP contribution is -1.94. The molecule has 0 aliphatic heterocycles. The van der Waals surface area contributed by atoms with Crippen LogP contribution in [0, 0.1) is 0 Å². The number of hydrogen-bond acceptors (Lipinski definition) is 0. The van der Waals surface area contributed by atoms with Gasteiger partial charge in [-0.1, -0.05) is 62.2 Å². The van der Waals surface area contributed by atoms with Crippen molar-refractivity contribution >= 4 is 69.6 Å². The zero-order valence-electron chi connectivity index (χ0n) is 11.4. The van der Waals surface area contributed by atoms with Gasteiger partial charge in [-0.3, -0.25) is 0 Å². The zero-order valence-corrected chi connectivity index (χ0v) is 16.1. The second-order valence-electron chi connectivity index (χ2n) is 5.12. The first kappa shape index (κ1) is 14.5. The Balaban J connectivity index is 2.23. The van der Waals surface area contributed by atoms with Gasteiger partial charge in [-0.15, -0.1) is 0 Å². The predicted molar refractivity (Wildman–Crippen MR) is 104 cm³/mol. The molecule has 0 saturated heterocycles. The molecule has 4 heteroatoms. The van der Waals surface area contributed by atoms with E-state index in [0.717, 1.165) is 19.1 Å². The topological polar surface area (TPSA) is 4.93 Å². The van der Waals surface area contributed by atoms with Gasteiger partial charge in [0.2, 0.25) is 0 Å². The lowest BCUT2D eigenvalue weighted by molar-refractivity contribution is 1.17. The summed E-state index contributed by atoms with van der Waals surface area (Å²) in [6.07, 6.45) is 0. The van der Waals surface area contributed by atoms with Gasteiger partial charge in [-0.2, -0.15) is 0 Å². The van der Waals surface area contributed by atoms with E-state index in [9.17, 15) is 0 Å². The number of fused-ring (bicyclic) bond motifs is 3. The maximum atomic E-state index is 3.72. The lowest BCUT2D eigenvalue weighted by atomic mass is 10.2. The second-order valence-corrected chi connectivity index (χ2v) is 7.80. The predicted octanol–water partition coefficient (Wildman–Crippen LogP) is 7.07. The minimum Gasteiger partial charge on any atom is -0.308 e. The summed E-state index contributed by atoms with van der Waals surface area (Å²) in [5.74, 6) is 0. The van der Waals surface area contributed by atoms with Crippen LogP contribution in [0.1, 0.15) is 0 Å². The third kappa shape index (κ3) is 2.25. The fraction of sp³-hybridized carbons (Fsp3) is 0. The largest absolute Gasteiger partial charge is 0.308 e. The quantitative estimate of drug-likeness (QED) is 0.275. The van der Waals surface area contributed by atoms with E-state index in [1.54, 1.807) is 0 Å². The molecule has 1 heterocycles. The summed E-state index contributed by atoms with van der Waals surface area (Å²) in [5.41, 5.74) is 3.52. The molecule has 0 amide bonds. The summed E-state index contributed by atoms with van der Waals surface area (Å²) in [6.45, 7) is 0. The van der Waals surface area contributed by atoms with Crippen molar-refractivity contribution in [3.63, 3.8) is 0 Å². The molecule has 0 atom stereocenters. The van der Waals surface area contributed by atoms with Gasteiger partial charge in [0.25, 0.3) is 0 Å². The van der Waals surface area contributed by atoms with Crippen LogP contribution in [-0.2, 0) is 0 Å². The highest BCUT2D eigenvalue weighted by atomic mass is 79.9. The van der Waals surface area contributed by atoms with Crippen molar-refractivity contribution in [3.8, 4) is 5.69 Å². The SMILES string of the molecule is Brc1cc(Br)cc(-n2c3ccccc3c3cccc(Br)c32)c1. The van der Waals surface area contributed by atoms with E-state index in [1.165, 1.54) is 21.8 Å². The third-order valence-electron chi connectivity index (χ3n) is 3.75. The van der Waals surface area contributed by atoms with Gasteiger partial charge in [0.05, 0.1) is 11.0 Å². The van der Waals surface area contributed by atoms with Gasteiger partial charge in [0.15, 0.2) is 0 Å². The van der Waals surface area contributed by atoms with E-state index in [1.807, 2.05) is 6.07 Å². The summed E-state index contributed by atoms with van der Waals surface area (Å²) >= 11 is 10.9. The first-order chi connectivity index (χ1) is 10.6. The van der Waals surface area contributed by atoms with E-state index in [2.05, 4.69) is 107 Å². The number of aromatic nitrogens is 1. The van der Waals surface area contributed by atoms with Gasteiger partial charge >= 0.3 is 0 Å². The molecule has 3 aromatic carbocycles. The Kier molecular flexibility index (Phi) is 3.63. The summed E-state index contributed by atoms with van der Waals surface area (Å²) in [4.78, 5) is 0. The van der Waals surface area contributed by atoms with E-state index >= 15 is 0 Å². The average molecular weight is 480 g/mol. The molecular formula is C18H10Br3N. The Bertz CT molecular complexity index is 997. The molecule has 0 radical (unpaired) electrons. The average Bonchev–Trinajstić information content (AvgIpc) is 2.82. The normalized spacial score (nSPS) is 11.4. The first-order valence-corrected chi connectivity index (χ1v) is 9.17. The Hall–Kier alpha value is -1.10. The molecule has 0 unspecified atom stereocenters. The number of benzene rings is 3. The third-order valence-corrected chi connectivity index (χ3v) is 5.31. The maximum absolute atomic E-state index is 3.72. The number of rotatable bonds is 1. The Morgan fingerprint density at radius 2 is 1.36 bits per heavy atom. The number of halogens is 3. The van der Waals surface area contributed by atoms with Gasteiger partial charge < -0.3 is 4.57 Å². The fourth-order valence-electron chi connectivity index (χ4n) is 2.91. The molecule has 0 aliphatic carbocycles. The van der Waals surface area contributed by atoms with Crippen LogP contribution in [0.4, 0.5) is 0 Å². The van der Waals surface area contributed by atoms with Crippen molar-refractivity contribution in [2.45, 2.75) is 0 Å². The fourth-order valence-corrected chi connectivity index (χ4v) is 4.73. The molecule has 4 aromatic rings. The van der Waals surface area contributed by atoms with Crippen molar-refractivity contribution in [2.24, 2.45) is 0 Å². The monoisotopic (exact) mass is 477 g/mol. The van der Waals surface area contributed by atoms with Crippen LogP contribution < -0.4 is 0 Å². The first-order valence-electron chi connectivity index (χ1n) is 6.79. The summed E-state index contributed by atoms with van der Waals surface area (Å²) < 4.78 is 5.49. The Morgan fingerprint density at radius 3 is 2.14 bits per heavy atom. The minimum absolute atomic E-state index is 1.05. The number of nitrogens with zero attached hydrogens (tertiary/aromatic N) is 1. The number of para-hydroxylation sites is 2. The van der Waals surface area contributed by atoms with Gasteiger partial charge in [-0.05, 0) is 46.3 Å². The van der Waals surface area contributed by atoms with Crippen LogP contribution in [0.2, 0.25) is 0 Å². The minimum atomic E-state index is 1.05. The van der Waals surface area contributed by atoms with Gasteiger partial charge in [-0.25, -0.2) is 0 Å². The maximum Gasteiger partial charge on any atom is 0.0683 e. The van der Waals surface area contributed by atoms with Crippen LogP contribution in [-0.4, -0.2) is 4.57 Å². The standard InChI is InChI=1S/C18H10Br3N/c19-11-8-12(20)10-13(9-11)22-17-7-2-1-4-14(17)15-5-3-6-16(21)18(15)22/h1-10H. The van der Waals surface area contributed by atoms with E-state index < -0.39 is 0 Å². The van der Waals surface area contributed by atoms with Gasteiger partial charge in [0.1, 0.15) is 0 Å². The second kappa shape index (κ2) is 5.52. The molecule has 4 rings (SSSR count). The molecule has 1 nitrogen and oxygen atoms in total. The Morgan fingerprint density at radius 1 is 0.682 bits per heavy atom. The smallest absolute Gasteiger partial charge is 0.0683 e. The molecule has 0 aliphatic rings. The summed E-state index contributed by atoms with van der Waals surface area (Å²) in [6, 6.07) is 21.2. The van der Waals surface area contributed by atoms with Crippen molar-refractivity contribution in [3.05, 3.63) is 74.1 Å². The molecule has 0 saturated carbocycles. The highest BCUT2D eigenvalue weighted by molar-refractivity contribution is 9.11. The van der Waals surface area contributed by atoms with Crippen LogP contribution in [0.15, 0.2) is 74.1 Å². The molecule has 1 aromatic heterocycles. The van der Waals surface area contributed by atoms with E-state index in [0.29, 0.717) is 0 Å². The van der Waals surface area contributed by atoms with E-state index in [4.69, 9.17) is 0 Å². The molecule has 108 valence electrons. The molecule has 22 heavy (non-hydrogen) atoms. The highest BCUT2D eigenvalue weighted by Crippen LogP contribution is 2.37. The van der Waals surface area contributed by atoms with Crippen LogP contribution in [0.5, 0.6) is 0 Å². The summed E-state index contributed by atoms with van der Waals surface area (Å²) in [7, 11) is 0. The zero-order chi connectivity index (χ0) is 15.3. The van der Waals surface area contributed by atoms with Crippen molar-refractivity contribution < 1.29 is 0 Å². The van der Waals surface area contributed by atoms with Crippen LogP contribution in [0.25, 0.3) is 27.5 Å². The Labute approximate surface area is 153 Å². The molecular weight excluding hydrogens is 470 g/mol. The van der Waals surface area contributed by atoms with Crippen molar-refractivity contribution in [1.82, 2.24) is 4.57 Å². The van der Waals surface area contributed by atoms with Crippen LogP contribution >= 0.6 is 47.8 Å². The van der Waals surface area contributed by atoms with Crippen molar-refractivity contribution in [1.29, 1.82) is 0 Å².